The number of hydrogen-bond donors (Lipinski definition) is 0. The van der Waals surface area contributed by atoms with E-state index in [9.17, 15) is 21.6 Å². The second-order valence-electron chi connectivity index (χ2n) is 3.37. The molecule has 1 aromatic rings. The Hall–Kier alpha value is 0.0200. The third-order valence-electron chi connectivity index (χ3n) is 1.97. The molecule has 1 unspecified atom stereocenters. The van der Waals surface area contributed by atoms with Crippen LogP contribution in [0.2, 0.25) is 10.0 Å². The summed E-state index contributed by atoms with van der Waals surface area (Å²) in [6.45, 7) is 0. The molecule has 2 nitrogen and oxygen atoms in total. The molecule has 0 heterocycles. The summed E-state index contributed by atoms with van der Waals surface area (Å²) in [6, 6.07) is 3.35. The third-order valence-corrected chi connectivity index (χ3v) is 5.73. The van der Waals surface area contributed by atoms with Crippen LogP contribution in [0.3, 0.4) is 0 Å². The van der Waals surface area contributed by atoms with Gasteiger partial charge in [-0.15, -0.1) is 0 Å². The molecule has 0 aliphatic carbocycles. The molecule has 0 fully saturated rings. The molecular weight excluding hydrogens is 380 g/mol. The van der Waals surface area contributed by atoms with E-state index in [-0.39, 0.29) is 14.9 Å². The van der Waals surface area contributed by atoms with Gasteiger partial charge in [0.05, 0.1) is 20.7 Å². The van der Waals surface area contributed by atoms with Gasteiger partial charge in [0, 0.05) is 0 Å². The first-order chi connectivity index (χ1) is 8.04. The lowest BCUT2D eigenvalue weighted by atomic mass is 10.4. The van der Waals surface area contributed by atoms with Gasteiger partial charge >= 0.3 is 6.18 Å². The van der Waals surface area contributed by atoms with E-state index < -0.39 is 26.6 Å². The molecule has 0 amide bonds. The van der Waals surface area contributed by atoms with Crippen molar-refractivity contribution in [3.63, 3.8) is 0 Å². The molecule has 0 aromatic heterocycles. The number of alkyl halides is 4. The van der Waals surface area contributed by atoms with Gasteiger partial charge in [-0.3, -0.25) is 0 Å². The molecule has 1 atom stereocenters. The zero-order valence-electron chi connectivity index (χ0n) is 8.51. The Bertz CT molecular complexity index is 545. The average Bonchev–Trinajstić information content (AvgIpc) is 2.19. The van der Waals surface area contributed by atoms with Crippen LogP contribution in [0.5, 0.6) is 0 Å². The molecule has 1 aromatic carbocycles. The van der Waals surface area contributed by atoms with Crippen LogP contribution in [0.1, 0.15) is 0 Å². The van der Waals surface area contributed by atoms with Crippen molar-refractivity contribution in [1.29, 1.82) is 0 Å². The highest BCUT2D eigenvalue weighted by Crippen LogP contribution is 2.31. The highest BCUT2D eigenvalue weighted by atomic mass is 79.9. The maximum atomic E-state index is 12.3. The van der Waals surface area contributed by atoms with Gasteiger partial charge in [-0.25, -0.2) is 8.42 Å². The Kier molecular flexibility index (Phi) is 4.97. The minimum absolute atomic E-state index is 0.0316. The SMILES string of the molecule is O=S(=O)(CC(Br)C(F)(F)F)c1ccc(Cl)c(Cl)c1. The summed E-state index contributed by atoms with van der Waals surface area (Å²) in [5.74, 6) is -1.10. The molecule has 0 aliphatic rings. The molecule has 0 saturated carbocycles. The topological polar surface area (TPSA) is 34.1 Å². The Balaban J connectivity index is 3.04. The first kappa shape index (κ1) is 16.1. The zero-order chi connectivity index (χ0) is 14.1. The molecule has 0 spiro atoms. The lowest BCUT2D eigenvalue weighted by Gasteiger charge is -2.14. The van der Waals surface area contributed by atoms with Crippen molar-refractivity contribution in [2.24, 2.45) is 0 Å². The lowest BCUT2D eigenvalue weighted by molar-refractivity contribution is -0.123. The van der Waals surface area contributed by atoms with E-state index in [2.05, 4.69) is 15.9 Å². The summed E-state index contributed by atoms with van der Waals surface area (Å²) in [7, 11) is -4.09. The third kappa shape index (κ3) is 4.01. The molecule has 0 N–H and O–H groups in total. The molecule has 102 valence electrons. The van der Waals surface area contributed by atoms with Crippen LogP contribution >= 0.6 is 39.1 Å². The first-order valence-electron chi connectivity index (χ1n) is 4.42. The number of sulfone groups is 1. The van der Waals surface area contributed by atoms with Gasteiger partial charge in [0.15, 0.2) is 9.84 Å². The molecule has 0 saturated heterocycles. The van der Waals surface area contributed by atoms with E-state index in [0.29, 0.717) is 0 Å². The number of hydrogen-bond acceptors (Lipinski definition) is 2. The molecule has 9 heteroatoms. The van der Waals surface area contributed by atoms with Crippen LogP contribution in [-0.2, 0) is 9.84 Å². The summed E-state index contributed by atoms with van der Waals surface area (Å²) in [5, 5.41) is 0.0951. The van der Waals surface area contributed by atoms with Crippen LogP contribution < -0.4 is 0 Å². The van der Waals surface area contributed by atoms with Crippen LogP contribution in [0.15, 0.2) is 23.1 Å². The van der Waals surface area contributed by atoms with E-state index >= 15 is 0 Å². The molecule has 0 radical (unpaired) electrons. The van der Waals surface area contributed by atoms with Crippen molar-refractivity contribution in [1.82, 2.24) is 0 Å². The monoisotopic (exact) mass is 384 g/mol. The van der Waals surface area contributed by atoms with Crippen molar-refractivity contribution in [3.8, 4) is 0 Å². The van der Waals surface area contributed by atoms with E-state index in [0.717, 1.165) is 12.1 Å². The van der Waals surface area contributed by atoms with E-state index in [1.807, 2.05) is 0 Å². The van der Waals surface area contributed by atoms with Gasteiger partial charge in [-0.2, -0.15) is 13.2 Å². The number of halogens is 6. The summed E-state index contributed by atoms with van der Waals surface area (Å²) < 4.78 is 60.3. The van der Waals surface area contributed by atoms with E-state index in [4.69, 9.17) is 23.2 Å². The Morgan fingerprint density at radius 1 is 1.22 bits per heavy atom. The van der Waals surface area contributed by atoms with Gasteiger partial charge in [-0.1, -0.05) is 39.1 Å². The van der Waals surface area contributed by atoms with Crippen LogP contribution in [0.25, 0.3) is 0 Å². The van der Waals surface area contributed by atoms with Crippen molar-refractivity contribution < 1.29 is 21.6 Å². The summed E-state index contributed by atoms with van der Waals surface area (Å²) in [5.41, 5.74) is 0. The molecule has 0 aliphatic heterocycles. The maximum absolute atomic E-state index is 12.3. The van der Waals surface area contributed by atoms with Crippen molar-refractivity contribution in [3.05, 3.63) is 28.2 Å². The smallest absolute Gasteiger partial charge is 0.224 e. The molecule has 0 bridgehead atoms. The Morgan fingerprint density at radius 2 is 1.78 bits per heavy atom. The largest absolute Gasteiger partial charge is 0.402 e. The number of benzene rings is 1. The Morgan fingerprint density at radius 3 is 2.22 bits per heavy atom. The fourth-order valence-corrected chi connectivity index (χ4v) is 3.80. The van der Waals surface area contributed by atoms with Crippen LogP contribution in [0, 0.1) is 0 Å². The van der Waals surface area contributed by atoms with Crippen molar-refractivity contribution >= 4 is 49.0 Å². The number of rotatable bonds is 3. The highest BCUT2D eigenvalue weighted by molar-refractivity contribution is 9.09. The zero-order valence-corrected chi connectivity index (χ0v) is 12.4. The average molecular weight is 386 g/mol. The second-order valence-corrected chi connectivity index (χ2v) is 7.32. The lowest BCUT2D eigenvalue weighted by Crippen LogP contribution is -2.30. The normalized spacial score (nSPS) is 14.6. The predicted octanol–water partition coefficient (Wildman–Crippen LogP) is 4.09. The second kappa shape index (κ2) is 5.56. The minimum atomic E-state index is -4.64. The van der Waals surface area contributed by atoms with Gasteiger partial charge in [-0.05, 0) is 18.2 Å². The van der Waals surface area contributed by atoms with Gasteiger partial charge < -0.3 is 0 Å². The molecular formula is C9H6BrCl2F3O2S. The Labute approximate surface area is 120 Å². The van der Waals surface area contributed by atoms with E-state index in [1.165, 1.54) is 6.07 Å². The fraction of sp³-hybridized carbons (Fsp3) is 0.333. The quantitative estimate of drug-likeness (QED) is 0.734. The van der Waals surface area contributed by atoms with Gasteiger partial charge in [0.1, 0.15) is 4.83 Å². The van der Waals surface area contributed by atoms with E-state index in [1.54, 1.807) is 0 Å². The standard InChI is InChI=1S/C9H6BrCl2F3O2S/c10-8(9(13,14)15)4-18(16,17)5-1-2-6(11)7(12)3-5/h1-3,8H,4H2. The van der Waals surface area contributed by atoms with Crippen LogP contribution in [0.4, 0.5) is 13.2 Å². The highest BCUT2D eigenvalue weighted by Gasteiger charge is 2.40. The van der Waals surface area contributed by atoms with Gasteiger partial charge in [0.2, 0.25) is 0 Å². The summed E-state index contributed by atoms with van der Waals surface area (Å²) >= 11 is 13.5. The molecule has 1 rings (SSSR count). The maximum Gasteiger partial charge on any atom is 0.402 e. The minimum Gasteiger partial charge on any atom is -0.224 e. The van der Waals surface area contributed by atoms with Gasteiger partial charge in [0.25, 0.3) is 0 Å². The summed E-state index contributed by atoms with van der Waals surface area (Å²) in [4.78, 5) is -2.44. The van der Waals surface area contributed by atoms with Crippen molar-refractivity contribution in [2.45, 2.75) is 15.9 Å². The molecule has 18 heavy (non-hydrogen) atoms. The fourth-order valence-electron chi connectivity index (χ4n) is 1.05. The van der Waals surface area contributed by atoms with Crippen molar-refractivity contribution in [2.75, 3.05) is 5.75 Å². The predicted molar refractivity (Wildman–Crippen MR) is 67.3 cm³/mol. The summed E-state index contributed by atoms with van der Waals surface area (Å²) in [6.07, 6.45) is -4.64. The first-order valence-corrected chi connectivity index (χ1v) is 7.75. The van der Waals surface area contributed by atoms with Crippen LogP contribution in [-0.4, -0.2) is 25.2 Å².